The van der Waals surface area contributed by atoms with Crippen LogP contribution in [0, 0.1) is 11.8 Å². The zero-order valence-corrected chi connectivity index (χ0v) is 14.2. The van der Waals surface area contributed by atoms with Crippen LogP contribution < -0.4 is 10.5 Å². The van der Waals surface area contributed by atoms with Gasteiger partial charge in [0, 0.05) is 6.04 Å². The quantitative estimate of drug-likeness (QED) is 0.846. The highest BCUT2D eigenvalue weighted by Crippen LogP contribution is 2.36. The lowest BCUT2D eigenvalue weighted by Gasteiger charge is -2.33. The van der Waals surface area contributed by atoms with Crippen molar-refractivity contribution in [1.82, 2.24) is 0 Å². The number of rotatable bonds is 5. The van der Waals surface area contributed by atoms with Crippen LogP contribution in [0.2, 0.25) is 5.02 Å². The Labute approximate surface area is 134 Å². The second-order valence-corrected chi connectivity index (χ2v) is 7.02. The fourth-order valence-corrected chi connectivity index (χ4v) is 3.28. The molecule has 0 aromatic heterocycles. The first-order valence-corrected chi connectivity index (χ1v) is 8.58. The van der Waals surface area contributed by atoms with E-state index in [1.807, 2.05) is 12.1 Å². The Balaban J connectivity index is 2.11. The third kappa shape index (κ3) is 4.37. The van der Waals surface area contributed by atoms with Crippen LogP contribution >= 0.6 is 11.6 Å². The van der Waals surface area contributed by atoms with Crippen molar-refractivity contribution in [2.24, 2.45) is 17.6 Å². The van der Waals surface area contributed by atoms with Gasteiger partial charge in [-0.1, -0.05) is 44.5 Å². The number of hydrogen-bond donors (Lipinski definition) is 1. The lowest BCUT2D eigenvalue weighted by atomic mass is 9.80. The fraction of sp³-hybridized carbons (Fsp3) is 0.667. The highest BCUT2D eigenvalue weighted by molar-refractivity contribution is 6.32. The summed E-state index contributed by atoms with van der Waals surface area (Å²) in [5.41, 5.74) is 7.24. The summed E-state index contributed by atoms with van der Waals surface area (Å²) in [5, 5.41) is 0.710. The van der Waals surface area contributed by atoms with E-state index in [2.05, 4.69) is 26.8 Å². The van der Waals surface area contributed by atoms with Gasteiger partial charge in [-0.25, -0.2) is 0 Å². The molecule has 0 aliphatic heterocycles. The van der Waals surface area contributed by atoms with Crippen LogP contribution in [0.1, 0.15) is 52.0 Å². The van der Waals surface area contributed by atoms with Crippen LogP contribution in [0.25, 0.3) is 0 Å². The normalized spacial score (nSPS) is 27.4. The topological polar surface area (TPSA) is 35.2 Å². The van der Waals surface area contributed by atoms with Gasteiger partial charge in [0.15, 0.2) is 0 Å². The van der Waals surface area contributed by atoms with E-state index in [9.17, 15) is 0 Å². The predicted molar refractivity (Wildman–Crippen MR) is 90.0 cm³/mol. The van der Waals surface area contributed by atoms with Gasteiger partial charge in [0.2, 0.25) is 0 Å². The number of benzene rings is 1. The van der Waals surface area contributed by atoms with E-state index in [0.29, 0.717) is 10.9 Å². The molecule has 3 heteroatoms. The number of ether oxygens (including phenoxy) is 1. The minimum atomic E-state index is 0.163. The van der Waals surface area contributed by atoms with Gasteiger partial charge < -0.3 is 10.5 Å². The number of hydrogen-bond acceptors (Lipinski definition) is 2. The molecule has 1 aliphatic rings. The molecule has 1 fully saturated rings. The highest BCUT2D eigenvalue weighted by Gasteiger charge is 2.27. The van der Waals surface area contributed by atoms with Crippen LogP contribution in [-0.4, -0.2) is 12.1 Å². The first-order valence-electron chi connectivity index (χ1n) is 8.20. The molecule has 1 aromatic rings. The van der Waals surface area contributed by atoms with Crippen LogP contribution in [0.15, 0.2) is 18.2 Å². The van der Waals surface area contributed by atoms with E-state index in [1.54, 1.807) is 0 Å². The molecule has 0 amide bonds. The van der Waals surface area contributed by atoms with Gasteiger partial charge in [0.1, 0.15) is 5.75 Å². The maximum atomic E-state index is 6.37. The molecule has 0 bridgehead atoms. The van der Waals surface area contributed by atoms with Crippen LogP contribution in [0.5, 0.6) is 5.75 Å². The molecule has 21 heavy (non-hydrogen) atoms. The van der Waals surface area contributed by atoms with Crippen molar-refractivity contribution in [3.63, 3.8) is 0 Å². The fourth-order valence-electron chi connectivity index (χ4n) is 3.04. The van der Waals surface area contributed by atoms with Crippen molar-refractivity contribution in [2.75, 3.05) is 0 Å². The molecule has 118 valence electrons. The van der Waals surface area contributed by atoms with Gasteiger partial charge in [0.25, 0.3) is 0 Å². The van der Waals surface area contributed by atoms with Gasteiger partial charge in [0.05, 0.1) is 11.1 Å². The zero-order valence-electron chi connectivity index (χ0n) is 13.4. The number of nitrogens with two attached hydrogens (primary N) is 1. The summed E-state index contributed by atoms with van der Waals surface area (Å²) < 4.78 is 6.29. The van der Waals surface area contributed by atoms with Crippen molar-refractivity contribution < 1.29 is 4.74 Å². The lowest BCUT2D eigenvalue weighted by Crippen LogP contribution is -2.29. The van der Waals surface area contributed by atoms with Gasteiger partial charge in [-0.05, 0) is 55.6 Å². The summed E-state index contributed by atoms with van der Waals surface area (Å²) in [5.74, 6) is 2.37. The molecule has 2 nitrogen and oxygen atoms in total. The highest BCUT2D eigenvalue weighted by atomic mass is 35.5. The molecule has 1 saturated carbocycles. The van der Waals surface area contributed by atoms with Crippen molar-refractivity contribution in [3.8, 4) is 5.75 Å². The van der Waals surface area contributed by atoms with Crippen LogP contribution in [0.3, 0.4) is 0 Å². The second-order valence-electron chi connectivity index (χ2n) is 6.61. The monoisotopic (exact) mass is 309 g/mol. The molecular formula is C18H28ClNO. The van der Waals surface area contributed by atoms with E-state index in [-0.39, 0.29) is 12.1 Å². The smallest absolute Gasteiger partial charge is 0.141 e. The standard InChI is InChI=1S/C18H28ClNO/c1-4-15(20)11-14-6-5-7-17(19)18(14)21-16-9-8-12(2)13(3)10-16/h5-7,12-13,15-16H,4,8-11,20H2,1-3H3. The van der Waals surface area contributed by atoms with E-state index in [1.165, 1.54) is 6.42 Å². The molecule has 4 atom stereocenters. The number of para-hydroxylation sites is 1. The largest absolute Gasteiger partial charge is 0.489 e. The maximum Gasteiger partial charge on any atom is 0.141 e. The van der Waals surface area contributed by atoms with Gasteiger partial charge in [-0.2, -0.15) is 0 Å². The summed E-state index contributed by atoms with van der Waals surface area (Å²) in [4.78, 5) is 0. The summed E-state index contributed by atoms with van der Waals surface area (Å²) in [6.07, 6.45) is 5.55. The van der Waals surface area contributed by atoms with Gasteiger partial charge >= 0.3 is 0 Å². The minimum absolute atomic E-state index is 0.163. The minimum Gasteiger partial charge on any atom is -0.489 e. The Morgan fingerprint density at radius 1 is 1.29 bits per heavy atom. The predicted octanol–water partition coefficient (Wildman–Crippen LogP) is 4.82. The summed E-state index contributed by atoms with van der Waals surface area (Å²) in [7, 11) is 0. The molecule has 0 radical (unpaired) electrons. The van der Waals surface area contributed by atoms with E-state index in [0.717, 1.165) is 42.9 Å². The van der Waals surface area contributed by atoms with Gasteiger partial charge in [-0.15, -0.1) is 0 Å². The Bertz CT molecular complexity index is 463. The Morgan fingerprint density at radius 3 is 2.71 bits per heavy atom. The van der Waals surface area contributed by atoms with Crippen molar-refractivity contribution >= 4 is 11.6 Å². The second kappa shape index (κ2) is 7.51. The molecule has 0 saturated heterocycles. The molecule has 1 aromatic carbocycles. The molecule has 1 aliphatic carbocycles. The third-order valence-electron chi connectivity index (χ3n) is 4.89. The SMILES string of the molecule is CCC(N)Cc1cccc(Cl)c1OC1CCC(C)C(C)C1. The van der Waals surface area contributed by atoms with Crippen molar-refractivity contribution in [1.29, 1.82) is 0 Å². The molecule has 0 heterocycles. The summed E-state index contributed by atoms with van der Waals surface area (Å²) in [6, 6.07) is 6.15. The van der Waals surface area contributed by atoms with E-state index in [4.69, 9.17) is 22.1 Å². The molecule has 0 spiro atoms. The summed E-state index contributed by atoms with van der Waals surface area (Å²) >= 11 is 6.37. The van der Waals surface area contributed by atoms with E-state index < -0.39 is 0 Å². The lowest BCUT2D eigenvalue weighted by molar-refractivity contribution is 0.0997. The average Bonchev–Trinajstić information content (AvgIpc) is 2.46. The molecular weight excluding hydrogens is 282 g/mol. The van der Waals surface area contributed by atoms with E-state index >= 15 is 0 Å². The average molecular weight is 310 g/mol. The Hall–Kier alpha value is -0.730. The molecule has 4 unspecified atom stereocenters. The maximum absolute atomic E-state index is 6.37. The summed E-state index contributed by atoms with van der Waals surface area (Å²) in [6.45, 7) is 6.77. The van der Waals surface area contributed by atoms with Crippen LogP contribution in [-0.2, 0) is 6.42 Å². The molecule has 2 N–H and O–H groups in total. The first kappa shape index (κ1) is 16.6. The van der Waals surface area contributed by atoms with Gasteiger partial charge in [-0.3, -0.25) is 0 Å². The zero-order chi connectivity index (χ0) is 15.4. The number of halogens is 1. The molecule has 2 rings (SSSR count). The Morgan fingerprint density at radius 2 is 2.05 bits per heavy atom. The van der Waals surface area contributed by atoms with Crippen molar-refractivity contribution in [3.05, 3.63) is 28.8 Å². The third-order valence-corrected chi connectivity index (χ3v) is 5.19. The Kier molecular flexibility index (Phi) is 5.95. The first-order chi connectivity index (χ1) is 10.0. The van der Waals surface area contributed by atoms with Crippen LogP contribution in [0.4, 0.5) is 0 Å². The van der Waals surface area contributed by atoms with Crippen molar-refractivity contribution in [2.45, 2.75) is 65.0 Å².